The van der Waals surface area contributed by atoms with E-state index in [1.165, 1.54) is 43.5 Å². The largest absolute Gasteiger partial charge is 4.00 e. The van der Waals surface area contributed by atoms with E-state index < -0.39 is 0 Å². The average molecular weight is 669 g/mol. The van der Waals surface area contributed by atoms with E-state index >= 15 is 0 Å². The third-order valence-electron chi connectivity index (χ3n) is 5.45. The van der Waals surface area contributed by atoms with Crippen molar-refractivity contribution in [1.82, 2.24) is 0 Å². The summed E-state index contributed by atoms with van der Waals surface area (Å²) in [6.45, 7) is 8.57. The third kappa shape index (κ3) is 10.3. The number of halogens is 6. The van der Waals surface area contributed by atoms with E-state index in [9.17, 15) is 0 Å². The Bertz CT molecular complexity index is 1290. The second-order valence-corrected chi connectivity index (χ2v) is 9.02. The van der Waals surface area contributed by atoms with Gasteiger partial charge in [-0.05, 0) is 53.5 Å². The van der Waals surface area contributed by atoms with Gasteiger partial charge in [0.25, 0.3) is 0 Å². The second kappa shape index (κ2) is 20.5. The van der Waals surface area contributed by atoms with Crippen LogP contribution in [0.5, 0.6) is 5.75 Å². The molecule has 0 saturated carbocycles. The average Bonchev–Trinajstić information content (AvgIpc) is 3.45. The molecule has 1 heterocycles. The molecular formula is C28H28Cl6OSiTi. The van der Waals surface area contributed by atoms with Crippen molar-refractivity contribution in [1.29, 1.82) is 0 Å². The van der Waals surface area contributed by atoms with Crippen LogP contribution < -0.4 is 89.6 Å². The zero-order valence-electron chi connectivity index (χ0n) is 21.0. The van der Waals surface area contributed by atoms with E-state index in [0.29, 0.717) is 0 Å². The predicted octanol–water partition coefficient (Wildman–Crippen LogP) is -12.3. The molecule has 6 rings (SSSR count). The first kappa shape index (κ1) is 43.7. The van der Waals surface area contributed by atoms with Crippen molar-refractivity contribution in [2.45, 2.75) is 39.5 Å². The summed E-state index contributed by atoms with van der Waals surface area (Å²) in [5.74, 6) is 1.05. The fourth-order valence-corrected chi connectivity index (χ4v) is 4.21. The molecule has 3 aromatic carbocycles. The summed E-state index contributed by atoms with van der Waals surface area (Å²) in [4.78, 5) is 0. The minimum atomic E-state index is 0. The van der Waals surface area contributed by atoms with Crippen molar-refractivity contribution < 1.29 is 101 Å². The number of fused-ring (bicyclic) bond motifs is 6. The molecule has 1 aliphatic heterocycles. The summed E-state index contributed by atoms with van der Waals surface area (Å²) in [6, 6.07) is 17.3. The Hall–Kier alpha value is -0.389. The van der Waals surface area contributed by atoms with Gasteiger partial charge in [0.2, 0.25) is 13.1 Å². The van der Waals surface area contributed by atoms with Gasteiger partial charge in [0, 0.05) is 10.8 Å². The molecular weight excluding hydrogens is 641 g/mol. The number of hydrogen-bond donors (Lipinski definition) is 0. The zero-order chi connectivity index (χ0) is 21.1. The Morgan fingerprint density at radius 2 is 1.46 bits per heavy atom. The van der Waals surface area contributed by atoms with Gasteiger partial charge in [0.15, 0.2) is 0 Å². The van der Waals surface area contributed by atoms with Crippen molar-refractivity contribution in [3.8, 4) is 5.75 Å². The number of allylic oxidation sites excluding steroid dienone is 2. The van der Waals surface area contributed by atoms with Gasteiger partial charge in [-0.3, -0.25) is 0 Å². The van der Waals surface area contributed by atoms with Gasteiger partial charge in [-0.2, -0.15) is 0 Å². The molecule has 0 amide bonds. The van der Waals surface area contributed by atoms with Crippen molar-refractivity contribution in [3.05, 3.63) is 87.3 Å². The van der Waals surface area contributed by atoms with Crippen molar-refractivity contribution in [3.63, 3.8) is 0 Å². The summed E-state index contributed by atoms with van der Waals surface area (Å²) >= 11 is 0. The Morgan fingerprint density at radius 3 is 2.14 bits per heavy atom. The summed E-state index contributed by atoms with van der Waals surface area (Å²) in [5, 5.41) is 5.26. The van der Waals surface area contributed by atoms with E-state index in [-0.39, 0.29) is 102 Å². The molecule has 0 bridgehead atoms. The van der Waals surface area contributed by atoms with Crippen LogP contribution in [0.25, 0.3) is 35.1 Å². The van der Waals surface area contributed by atoms with Crippen LogP contribution in [0.1, 0.15) is 30.5 Å². The summed E-state index contributed by atoms with van der Waals surface area (Å²) < 4.78 is 5.72. The molecule has 0 saturated heterocycles. The Morgan fingerprint density at radius 1 is 0.838 bits per heavy atom. The first-order chi connectivity index (χ1) is 14.6. The molecule has 37 heavy (non-hydrogen) atoms. The van der Waals surface area contributed by atoms with E-state index in [1.807, 2.05) is 0 Å². The normalized spacial score (nSPS) is 13.2. The number of rotatable bonds is 0. The molecule has 9 heteroatoms. The summed E-state index contributed by atoms with van der Waals surface area (Å²) in [7, 11) is 1.08. The smallest absolute Gasteiger partial charge is 1.00 e. The van der Waals surface area contributed by atoms with Crippen LogP contribution in [0.3, 0.4) is 0 Å². The molecule has 1 nitrogen and oxygen atoms in total. The van der Waals surface area contributed by atoms with E-state index in [2.05, 4.69) is 106 Å². The molecule has 0 fully saturated rings. The minimum absolute atomic E-state index is 0. The quantitative estimate of drug-likeness (QED) is 0.217. The molecule has 3 aliphatic rings. The Labute approximate surface area is 275 Å². The fraction of sp³-hybridized carbons (Fsp3) is 0.214. The van der Waals surface area contributed by atoms with Gasteiger partial charge in [0.05, 0.1) is 0 Å². The Kier molecular flexibility index (Phi) is 24.2. The van der Waals surface area contributed by atoms with Crippen LogP contribution in [0, 0.1) is 0 Å². The maximum Gasteiger partial charge on any atom is 4.00 e. The zero-order valence-corrected chi connectivity index (χ0v) is 28.1. The standard InChI is InChI=1S/C14H12.C12H10O.C2H6Si.6ClH.Ti/c1-10-8-12-7-6-11-4-2-3-5-13(11)14(12)9-10;1-8-7-10-6-5-9-3-2-4-11(9)12(10)13-8;1-3-2;;;;;;;/h2-8H,9H2,1H3;2-8H,1H3;1-2H3;6*1H;/q;;+2;;;;;;;+4/p-6. The predicted molar refractivity (Wildman–Crippen MR) is 133 cm³/mol. The molecule has 1 unspecified atom stereocenters. The SMILES string of the molecule is CC1=Cc2ccc3ccccc3c2C1.CC1C=c2ccc3c(c2O1)C=CC=3.C[Si+2]C.[Cl-].[Cl-].[Cl-].[Cl-].[Cl-].[Cl-].[Ti+4]. The second-order valence-electron chi connectivity index (χ2n) is 8.02. The van der Waals surface area contributed by atoms with Crippen LogP contribution in [-0.2, 0) is 28.1 Å². The molecule has 196 valence electrons. The minimum Gasteiger partial charge on any atom is -1.00 e. The summed E-state index contributed by atoms with van der Waals surface area (Å²) in [6.07, 6.45) is 12.1. The molecule has 1 atom stereocenters. The van der Waals surface area contributed by atoms with Gasteiger partial charge in [-0.1, -0.05) is 78.4 Å². The monoisotopic (exact) mass is 666 g/mol. The van der Waals surface area contributed by atoms with Crippen molar-refractivity contribution in [2.75, 3.05) is 0 Å². The Balaban J connectivity index is -0.000000228. The maximum atomic E-state index is 5.72. The molecule has 0 spiro atoms. The van der Waals surface area contributed by atoms with Gasteiger partial charge < -0.3 is 79.2 Å². The molecule has 0 N–H and O–H groups in total. The van der Waals surface area contributed by atoms with Crippen LogP contribution in [0.4, 0.5) is 0 Å². The van der Waals surface area contributed by atoms with Crippen molar-refractivity contribution >= 4 is 44.6 Å². The van der Waals surface area contributed by atoms with Crippen molar-refractivity contribution in [2.24, 2.45) is 0 Å². The van der Waals surface area contributed by atoms with E-state index in [0.717, 1.165) is 21.7 Å². The fourth-order valence-electron chi connectivity index (χ4n) is 4.21. The first-order valence-corrected chi connectivity index (χ1v) is 12.6. The maximum absolute atomic E-state index is 5.72. The van der Waals surface area contributed by atoms with Gasteiger partial charge in [-0.25, -0.2) is 0 Å². The number of hydrogen-bond acceptors (Lipinski definition) is 1. The van der Waals surface area contributed by atoms with E-state index in [4.69, 9.17) is 4.74 Å². The number of benzene rings is 3. The van der Waals surface area contributed by atoms with Crippen LogP contribution in [-0.4, -0.2) is 15.6 Å². The van der Waals surface area contributed by atoms with Crippen LogP contribution in [0.2, 0.25) is 13.1 Å². The van der Waals surface area contributed by atoms with E-state index in [1.54, 1.807) is 0 Å². The van der Waals surface area contributed by atoms with Gasteiger partial charge in [-0.15, -0.1) is 0 Å². The molecule has 0 radical (unpaired) electrons. The van der Waals surface area contributed by atoms with Crippen LogP contribution in [0.15, 0.2) is 60.2 Å². The van der Waals surface area contributed by atoms with Crippen LogP contribution >= 0.6 is 0 Å². The molecule has 0 aromatic heterocycles. The topological polar surface area (TPSA) is 9.23 Å². The van der Waals surface area contributed by atoms with Gasteiger partial charge in [0.1, 0.15) is 11.9 Å². The number of ether oxygens (including phenoxy) is 1. The first-order valence-electron chi connectivity index (χ1n) is 10.6. The third-order valence-corrected chi connectivity index (χ3v) is 5.45. The van der Waals surface area contributed by atoms with Gasteiger partial charge >= 0.3 is 31.2 Å². The molecule has 3 aromatic rings. The molecule has 2 aliphatic carbocycles. The summed E-state index contributed by atoms with van der Waals surface area (Å²) in [5.41, 5.74) is 5.61.